The summed E-state index contributed by atoms with van der Waals surface area (Å²) in [4.78, 5) is 5.59. The molecule has 114 valence electrons. The molecule has 0 bridgehead atoms. The predicted octanol–water partition coefficient (Wildman–Crippen LogP) is 3.99. The summed E-state index contributed by atoms with van der Waals surface area (Å²) in [5.74, 6) is 0.275. The second kappa shape index (κ2) is 7.66. The fourth-order valence-electron chi connectivity index (χ4n) is 2.38. The number of aryl methyl sites for hydroxylation is 1. The minimum Gasteiger partial charge on any atom is -0.314 e. The average Bonchev–Trinajstić information content (AvgIpc) is 2.84. The van der Waals surface area contributed by atoms with Gasteiger partial charge in [-0.15, -0.1) is 11.3 Å². The summed E-state index contributed by atoms with van der Waals surface area (Å²) in [6.45, 7) is 7.18. The van der Waals surface area contributed by atoms with Crippen molar-refractivity contribution in [3.8, 4) is 0 Å². The smallest absolute Gasteiger partial charge is 0.126 e. The average molecular weight is 306 g/mol. The van der Waals surface area contributed by atoms with Crippen molar-refractivity contribution in [2.24, 2.45) is 5.92 Å². The third-order valence-electron chi connectivity index (χ3n) is 3.44. The molecule has 21 heavy (non-hydrogen) atoms. The van der Waals surface area contributed by atoms with Crippen molar-refractivity contribution in [3.05, 3.63) is 51.7 Å². The molecule has 0 radical (unpaired) electrons. The molecule has 4 heteroatoms. The molecule has 0 aliphatic carbocycles. The molecule has 1 aromatic heterocycles. The number of benzene rings is 1. The number of aromatic nitrogens is 1. The van der Waals surface area contributed by atoms with E-state index in [1.54, 1.807) is 23.5 Å². The number of nitrogens with one attached hydrogen (secondary N) is 1. The van der Waals surface area contributed by atoms with E-state index in [0.717, 1.165) is 30.0 Å². The van der Waals surface area contributed by atoms with E-state index in [-0.39, 0.29) is 5.82 Å². The van der Waals surface area contributed by atoms with Gasteiger partial charge in [0.1, 0.15) is 5.82 Å². The topological polar surface area (TPSA) is 24.9 Å². The first-order valence-electron chi connectivity index (χ1n) is 7.42. The molecule has 0 amide bonds. The van der Waals surface area contributed by atoms with Gasteiger partial charge in [0.15, 0.2) is 0 Å². The summed E-state index contributed by atoms with van der Waals surface area (Å²) in [5.41, 5.74) is 0.800. The Morgan fingerprint density at radius 2 is 2.00 bits per heavy atom. The quantitative estimate of drug-likeness (QED) is 0.836. The van der Waals surface area contributed by atoms with Crippen LogP contribution in [-0.4, -0.2) is 17.6 Å². The van der Waals surface area contributed by atoms with Gasteiger partial charge in [-0.25, -0.2) is 9.37 Å². The highest BCUT2D eigenvalue weighted by Crippen LogP contribution is 2.20. The van der Waals surface area contributed by atoms with Gasteiger partial charge in [0.05, 0.1) is 5.01 Å². The van der Waals surface area contributed by atoms with E-state index in [1.807, 2.05) is 25.3 Å². The molecule has 1 heterocycles. The molecule has 1 atom stereocenters. The van der Waals surface area contributed by atoms with Gasteiger partial charge in [-0.2, -0.15) is 0 Å². The molecule has 0 saturated carbocycles. The maximum absolute atomic E-state index is 13.9. The minimum atomic E-state index is -0.104. The molecule has 1 unspecified atom stereocenters. The van der Waals surface area contributed by atoms with Crippen LogP contribution in [0.1, 0.15) is 29.3 Å². The summed E-state index contributed by atoms with van der Waals surface area (Å²) >= 11 is 1.73. The van der Waals surface area contributed by atoms with Crippen LogP contribution >= 0.6 is 11.3 Å². The standard InChI is InChI=1S/C17H23FN2S/c1-12(2)19-10-14(9-16-11-20-13(3)21-16)8-15-6-4-5-7-17(15)18/h4-7,11-12,14,19H,8-10H2,1-3H3. The molecular formula is C17H23FN2S. The molecule has 0 saturated heterocycles. The summed E-state index contributed by atoms with van der Waals surface area (Å²) in [6, 6.07) is 7.51. The maximum Gasteiger partial charge on any atom is 0.126 e. The fourth-order valence-corrected chi connectivity index (χ4v) is 3.29. The molecule has 2 nitrogen and oxygen atoms in total. The Bertz CT molecular complexity index is 565. The van der Waals surface area contributed by atoms with Crippen LogP contribution in [0, 0.1) is 18.7 Å². The lowest BCUT2D eigenvalue weighted by atomic mass is 9.95. The first kappa shape index (κ1) is 16.1. The monoisotopic (exact) mass is 306 g/mol. The molecule has 1 N–H and O–H groups in total. The van der Waals surface area contributed by atoms with Crippen LogP contribution in [0.2, 0.25) is 0 Å². The van der Waals surface area contributed by atoms with Crippen LogP contribution in [0.3, 0.4) is 0 Å². The van der Waals surface area contributed by atoms with Crippen LogP contribution < -0.4 is 5.32 Å². The zero-order valence-electron chi connectivity index (χ0n) is 12.9. The largest absolute Gasteiger partial charge is 0.314 e. The van der Waals surface area contributed by atoms with Crippen molar-refractivity contribution in [1.29, 1.82) is 0 Å². The van der Waals surface area contributed by atoms with Crippen molar-refractivity contribution in [3.63, 3.8) is 0 Å². The SMILES string of the molecule is Cc1ncc(CC(CNC(C)C)Cc2ccccc2F)s1. The molecular weight excluding hydrogens is 283 g/mol. The minimum absolute atomic E-state index is 0.104. The van der Waals surface area contributed by atoms with E-state index in [0.29, 0.717) is 12.0 Å². The lowest BCUT2D eigenvalue weighted by molar-refractivity contribution is 0.439. The van der Waals surface area contributed by atoms with Crippen molar-refractivity contribution in [1.82, 2.24) is 10.3 Å². The lowest BCUT2D eigenvalue weighted by Gasteiger charge is -2.19. The van der Waals surface area contributed by atoms with Crippen molar-refractivity contribution in [2.75, 3.05) is 6.54 Å². The second-order valence-electron chi connectivity index (χ2n) is 5.77. The first-order chi connectivity index (χ1) is 10.0. The van der Waals surface area contributed by atoms with E-state index in [1.165, 1.54) is 4.88 Å². The van der Waals surface area contributed by atoms with Crippen LogP contribution in [0.15, 0.2) is 30.5 Å². The number of hydrogen-bond donors (Lipinski definition) is 1. The molecule has 0 aliphatic rings. The van der Waals surface area contributed by atoms with E-state index in [2.05, 4.69) is 24.1 Å². The number of nitrogens with zero attached hydrogens (tertiary/aromatic N) is 1. The van der Waals surface area contributed by atoms with Gasteiger partial charge in [-0.1, -0.05) is 32.0 Å². The maximum atomic E-state index is 13.9. The Balaban J connectivity index is 2.06. The molecule has 0 aliphatic heterocycles. The molecule has 2 rings (SSSR count). The Labute approximate surface area is 130 Å². The summed E-state index contributed by atoms with van der Waals surface area (Å²) in [7, 11) is 0. The van der Waals surface area contributed by atoms with Gasteiger partial charge >= 0.3 is 0 Å². The molecule has 0 fully saturated rings. The summed E-state index contributed by atoms with van der Waals surface area (Å²) < 4.78 is 13.9. The van der Waals surface area contributed by atoms with Gasteiger partial charge < -0.3 is 5.32 Å². The number of thiazole rings is 1. The van der Waals surface area contributed by atoms with Crippen molar-refractivity contribution >= 4 is 11.3 Å². The third kappa shape index (κ3) is 5.21. The van der Waals surface area contributed by atoms with E-state index in [4.69, 9.17) is 0 Å². The Morgan fingerprint density at radius 1 is 1.24 bits per heavy atom. The zero-order valence-corrected chi connectivity index (χ0v) is 13.7. The van der Waals surface area contributed by atoms with Gasteiger partial charge in [-0.05, 0) is 43.9 Å². The Hall–Kier alpha value is -1.26. The van der Waals surface area contributed by atoms with Crippen molar-refractivity contribution < 1.29 is 4.39 Å². The normalized spacial score (nSPS) is 12.8. The number of rotatable bonds is 7. The van der Waals surface area contributed by atoms with Crippen LogP contribution in [-0.2, 0) is 12.8 Å². The predicted molar refractivity (Wildman–Crippen MR) is 87.3 cm³/mol. The molecule has 0 spiro atoms. The third-order valence-corrected chi connectivity index (χ3v) is 4.38. The fraction of sp³-hybridized carbons (Fsp3) is 0.471. The second-order valence-corrected chi connectivity index (χ2v) is 7.09. The highest BCUT2D eigenvalue weighted by molar-refractivity contribution is 7.11. The molecule has 1 aromatic carbocycles. The summed E-state index contributed by atoms with van der Waals surface area (Å²) in [5, 5.41) is 4.56. The van der Waals surface area contributed by atoms with Crippen LogP contribution in [0.5, 0.6) is 0 Å². The Morgan fingerprint density at radius 3 is 2.62 bits per heavy atom. The van der Waals surface area contributed by atoms with E-state index in [9.17, 15) is 4.39 Å². The van der Waals surface area contributed by atoms with E-state index >= 15 is 0 Å². The number of hydrogen-bond acceptors (Lipinski definition) is 3. The summed E-state index contributed by atoms with van der Waals surface area (Å²) in [6.07, 6.45) is 3.65. The van der Waals surface area contributed by atoms with Gasteiger partial charge in [-0.3, -0.25) is 0 Å². The van der Waals surface area contributed by atoms with Crippen LogP contribution in [0.4, 0.5) is 4.39 Å². The number of halogens is 1. The highest BCUT2D eigenvalue weighted by atomic mass is 32.1. The Kier molecular flexibility index (Phi) is 5.88. The highest BCUT2D eigenvalue weighted by Gasteiger charge is 2.15. The first-order valence-corrected chi connectivity index (χ1v) is 8.24. The lowest BCUT2D eigenvalue weighted by Crippen LogP contribution is -2.31. The van der Waals surface area contributed by atoms with Crippen LogP contribution in [0.25, 0.3) is 0 Å². The van der Waals surface area contributed by atoms with Gasteiger partial charge in [0.25, 0.3) is 0 Å². The van der Waals surface area contributed by atoms with Gasteiger partial charge in [0.2, 0.25) is 0 Å². The van der Waals surface area contributed by atoms with E-state index < -0.39 is 0 Å². The van der Waals surface area contributed by atoms with Gasteiger partial charge in [0, 0.05) is 17.1 Å². The molecule has 2 aromatic rings. The zero-order chi connectivity index (χ0) is 15.2. The van der Waals surface area contributed by atoms with Crippen molar-refractivity contribution in [2.45, 2.75) is 39.7 Å².